The molecule has 0 aliphatic rings. The van der Waals surface area contributed by atoms with Crippen LogP contribution in [0.1, 0.15) is 5.56 Å². The number of fused-ring (bicyclic) bond motifs is 7. The SMILES string of the molecule is Cc1cc(-c2cccc(Oc3ccc4c5c(ccc6c7ccccc7n(-c7ccccc7)c65)n(-c5ccccn5)c4c3)c2)ncc1-c1ccccc1. The van der Waals surface area contributed by atoms with Gasteiger partial charge >= 0.3 is 0 Å². The summed E-state index contributed by atoms with van der Waals surface area (Å²) in [5.74, 6) is 2.34. The molecule has 10 rings (SSSR count). The number of benzene rings is 6. The zero-order valence-electron chi connectivity index (χ0n) is 28.4. The number of pyridine rings is 2. The Bertz CT molecular complexity index is 2930. The summed E-state index contributed by atoms with van der Waals surface area (Å²) >= 11 is 0. The topological polar surface area (TPSA) is 44.9 Å². The number of aryl methyl sites for hydroxylation is 1. The molecule has 0 fully saturated rings. The first-order valence-corrected chi connectivity index (χ1v) is 17.5. The van der Waals surface area contributed by atoms with Crippen LogP contribution in [-0.4, -0.2) is 19.1 Å². The molecular formula is C47H32N4O. The second-order valence-electron chi connectivity index (χ2n) is 13.1. The van der Waals surface area contributed by atoms with Crippen LogP contribution in [0.2, 0.25) is 0 Å². The van der Waals surface area contributed by atoms with E-state index >= 15 is 0 Å². The largest absolute Gasteiger partial charge is 0.457 e. The third-order valence-electron chi connectivity index (χ3n) is 9.99. The summed E-state index contributed by atoms with van der Waals surface area (Å²) in [5.41, 5.74) is 11.0. The quantitative estimate of drug-likeness (QED) is 0.177. The average molecular weight is 669 g/mol. The van der Waals surface area contributed by atoms with Crippen LogP contribution in [0.3, 0.4) is 0 Å². The molecule has 0 unspecified atom stereocenters. The highest BCUT2D eigenvalue weighted by Gasteiger charge is 2.21. The summed E-state index contributed by atoms with van der Waals surface area (Å²) in [4.78, 5) is 9.67. The van der Waals surface area contributed by atoms with Gasteiger partial charge in [-0.25, -0.2) is 4.98 Å². The Morgan fingerprint density at radius 1 is 0.500 bits per heavy atom. The number of ether oxygens (including phenoxy) is 1. The van der Waals surface area contributed by atoms with Gasteiger partial charge in [0.2, 0.25) is 0 Å². The highest BCUT2D eigenvalue weighted by molar-refractivity contribution is 6.26. The van der Waals surface area contributed by atoms with Crippen LogP contribution in [0.25, 0.3) is 77.5 Å². The van der Waals surface area contributed by atoms with Crippen LogP contribution >= 0.6 is 0 Å². The van der Waals surface area contributed by atoms with Crippen molar-refractivity contribution in [3.63, 3.8) is 0 Å². The molecule has 0 saturated carbocycles. The summed E-state index contributed by atoms with van der Waals surface area (Å²) in [6.45, 7) is 2.14. The second-order valence-corrected chi connectivity index (χ2v) is 13.1. The first-order valence-electron chi connectivity index (χ1n) is 17.5. The lowest BCUT2D eigenvalue weighted by molar-refractivity contribution is 0.483. The van der Waals surface area contributed by atoms with E-state index in [0.29, 0.717) is 0 Å². The van der Waals surface area contributed by atoms with Gasteiger partial charge in [-0.1, -0.05) is 91.0 Å². The fraction of sp³-hybridized carbons (Fsp3) is 0.0213. The number of aromatic nitrogens is 4. The van der Waals surface area contributed by atoms with E-state index in [1.807, 2.05) is 42.7 Å². The van der Waals surface area contributed by atoms with Crippen LogP contribution in [0.5, 0.6) is 11.5 Å². The number of hydrogen-bond donors (Lipinski definition) is 0. The van der Waals surface area contributed by atoms with E-state index < -0.39 is 0 Å². The average Bonchev–Trinajstić information content (AvgIpc) is 3.71. The maximum absolute atomic E-state index is 6.62. The highest BCUT2D eigenvalue weighted by atomic mass is 16.5. The normalized spacial score (nSPS) is 11.6. The van der Waals surface area contributed by atoms with Gasteiger partial charge < -0.3 is 9.30 Å². The number of nitrogens with zero attached hydrogens (tertiary/aromatic N) is 4. The van der Waals surface area contributed by atoms with Gasteiger partial charge in [0.15, 0.2) is 0 Å². The Labute approximate surface area is 300 Å². The van der Waals surface area contributed by atoms with E-state index in [9.17, 15) is 0 Å². The van der Waals surface area contributed by atoms with Crippen LogP contribution in [0.4, 0.5) is 0 Å². The van der Waals surface area contributed by atoms with E-state index in [0.717, 1.165) is 61.8 Å². The molecular weight excluding hydrogens is 637 g/mol. The van der Waals surface area contributed by atoms with Crippen molar-refractivity contribution in [2.24, 2.45) is 0 Å². The van der Waals surface area contributed by atoms with Crippen molar-refractivity contribution >= 4 is 43.6 Å². The van der Waals surface area contributed by atoms with Crippen LogP contribution in [-0.2, 0) is 0 Å². The van der Waals surface area contributed by atoms with E-state index in [2.05, 4.69) is 150 Å². The predicted molar refractivity (Wildman–Crippen MR) is 213 cm³/mol. The number of para-hydroxylation sites is 2. The molecule has 5 heteroatoms. The Hall–Kier alpha value is -6.98. The van der Waals surface area contributed by atoms with Crippen molar-refractivity contribution in [1.82, 2.24) is 19.1 Å². The molecule has 0 atom stereocenters. The van der Waals surface area contributed by atoms with Crippen molar-refractivity contribution < 1.29 is 4.74 Å². The van der Waals surface area contributed by atoms with E-state index in [1.54, 1.807) is 0 Å². The van der Waals surface area contributed by atoms with Gasteiger partial charge in [-0.15, -0.1) is 0 Å². The fourth-order valence-corrected chi connectivity index (χ4v) is 7.67. The summed E-state index contributed by atoms with van der Waals surface area (Å²) in [7, 11) is 0. The standard InChI is InChI=1S/C47H32N4O/c1-31-27-41(49-30-40(31)32-13-4-2-5-14-32)33-15-12-18-35(28-33)52-36-22-23-39-44(29-36)51(45-21-10-11-26-48-45)43-25-24-38-37-19-8-9-20-42(37)50(47(38)46(39)43)34-16-6-3-7-17-34/h2-30H,1H3. The molecule has 5 nitrogen and oxygen atoms in total. The van der Waals surface area contributed by atoms with Crippen LogP contribution < -0.4 is 4.74 Å². The summed E-state index contributed by atoms with van der Waals surface area (Å²) < 4.78 is 11.3. The molecule has 0 amide bonds. The Morgan fingerprint density at radius 3 is 2.08 bits per heavy atom. The number of hydrogen-bond acceptors (Lipinski definition) is 3. The lowest BCUT2D eigenvalue weighted by Gasteiger charge is -2.11. The van der Waals surface area contributed by atoms with Gasteiger partial charge in [-0.3, -0.25) is 9.55 Å². The third kappa shape index (κ3) is 4.86. The van der Waals surface area contributed by atoms with Gasteiger partial charge in [0.1, 0.15) is 17.3 Å². The summed E-state index contributed by atoms with van der Waals surface area (Å²) in [6, 6.07) is 56.9. The van der Waals surface area contributed by atoms with Crippen LogP contribution in [0.15, 0.2) is 176 Å². The Balaban J connectivity index is 1.13. The molecule has 0 aliphatic heterocycles. The first-order chi connectivity index (χ1) is 25.7. The van der Waals surface area contributed by atoms with Crippen molar-refractivity contribution in [2.75, 3.05) is 0 Å². The molecule has 10 aromatic rings. The summed E-state index contributed by atoms with van der Waals surface area (Å²) in [6.07, 6.45) is 3.81. The maximum Gasteiger partial charge on any atom is 0.137 e. The van der Waals surface area contributed by atoms with Crippen molar-refractivity contribution in [3.8, 4) is 45.4 Å². The van der Waals surface area contributed by atoms with Gasteiger partial charge in [-0.05, 0) is 84.8 Å². The van der Waals surface area contributed by atoms with Gasteiger partial charge in [-0.2, -0.15) is 0 Å². The summed E-state index contributed by atoms with van der Waals surface area (Å²) in [5, 5.41) is 4.74. The Kier molecular flexibility index (Phi) is 6.96. The highest BCUT2D eigenvalue weighted by Crippen LogP contribution is 2.43. The minimum Gasteiger partial charge on any atom is -0.457 e. The Morgan fingerprint density at radius 2 is 1.25 bits per heavy atom. The van der Waals surface area contributed by atoms with Crippen molar-refractivity contribution in [3.05, 3.63) is 182 Å². The zero-order valence-corrected chi connectivity index (χ0v) is 28.4. The van der Waals surface area contributed by atoms with E-state index in [-0.39, 0.29) is 0 Å². The third-order valence-corrected chi connectivity index (χ3v) is 9.99. The molecule has 0 N–H and O–H groups in total. The fourth-order valence-electron chi connectivity index (χ4n) is 7.67. The van der Waals surface area contributed by atoms with Gasteiger partial charge in [0.05, 0.1) is 27.8 Å². The second kappa shape index (κ2) is 12.1. The predicted octanol–water partition coefficient (Wildman–Crippen LogP) is 12.1. The molecule has 4 aromatic heterocycles. The molecule has 6 aromatic carbocycles. The lowest BCUT2D eigenvalue weighted by atomic mass is 10.0. The maximum atomic E-state index is 6.62. The van der Waals surface area contributed by atoms with Crippen molar-refractivity contribution in [2.45, 2.75) is 6.92 Å². The molecule has 0 saturated heterocycles. The minimum atomic E-state index is 0.744. The molecule has 0 aliphatic carbocycles. The van der Waals surface area contributed by atoms with Gasteiger partial charge in [0, 0.05) is 56.8 Å². The van der Waals surface area contributed by atoms with Gasteiger partial charge in [0.25, 0.3) is 0 Å². The molecule has 0 radical (unpaired) electrons. The monoisotopic (exact) mass is 668 g/mol. The molecule has 246 valence electrons. The van der Waals surface area contributed by atoms with Crippen LogP contribution in [0, 0.1) is 6.92 Å². The smallest absolute Gasteiger partial charge is 0.137 e. The molecule has 4 heterocycles. The molecule has 52 heavy (non-hydrogen) atoms. The molecule has 0 spiro atoms. The lowest BCUT2D eigenvalue weighted by Crippen LogP contribution is -1.97. The van der Waals surface area contributed by atoms with E-state index in [1.165, 1.54) is 32.8 Å². The molecule has 0 bridgehead atoms. The zero-order chi connectivity index (χ0) is 34.6. The van der Waals surface area contributed by atoms with E-state index in [4.69, 9.17) is 14.7 Å². The minimum absolute atomic E-state index is 0.744. The number of rotatable bonds is 6. The van der Waals surface area contributed by atoms with Crippen molar-refractivity contribution in [1.29, 1.82) is 0 Å². The first kappa shape index (κ1) is 29.9.